The number of nitrogens with one attached hydrogen (secondary N) is 1. The Kier molecular flexibility index (Phi) is 7.39. The third-order valence-corrected chi connectivity index (χ3v) is 2.49. The lowest BCUT2D eigenvalue weighted by Gasteiger charge is -2.09. The van der Waals surface area contributed by atoms with Crippen LogP contribution in [0.2, 0.25) is 0 Å². The third-order valence-electron chi connectivity index (χ3n) is 2.49. The molecular formula is C15H21NO4. The first-order chi connectivity index (χ1) is 9.65. The molecule has 1 unspecified atom stereocenters. The van der Waals surface area contributed by atoms with Crippen molar-refractivity contribution in [2.24, 2.45) is 0 Å². The largest absolute Gasteiger partial charge is 0.494 e. The number of carbonyl (C=O) groups is 1. The van der Waals surface area contributed by atoms with Gasteiger partial charge in [-0.2, -0.15) is 0 Å². The second-order valence-corrected chi connectivity index (χ2v) is 4.19. The number of hydrogen-bond donors (Lipinski definition) is 2. The molecule has 0 heterocycles. The SMILES string of the molecule is CCOc1ccc(C=CC(=O)NCC(O)COC)cc1. The fraction of sp³-hybridized carbons (Fsp3) is 0.400. The molecule has 1 amide bonds. The van der Waals surface area contributed by atoms with E-state index in [0.29, 0.717) is 6.61 Å². The standard InChI is InChI=1S/C15H21NO4/c1-3-20-14-7-4-12(5-8-14)6-9-15(18)16-10-13(17)11-19-2/h4-9,13,17H,3,10-11H2,1-2H3,(H,16,18). The minimum absolute atomic E-state index is 0.167. The van der Waals surface area contributed by atoms with Gasteiger partial charge in [-0.1, -0.05) is 12.1 Å². The molecule has 0 aliphatic rings. The number of aliphatic hydroxyl groups excluding tert-OH is 1. The number of amides is 1. The van der Waals surface area contributed by atoms with Crippen molar-refractivity contribution >= 4 is 12.0 Å². The van der Waals surface area contributed by atoms with Crippen LogP contribution in [-0.2, 0) is 9.53 Å². The van der Waals surface area contributed by atoms with Crippen LogP contribution in [0.3, 0.4) is 0 Å². The predicted octanol–water partition coefficient (Wildman–Crippen LogP) is 1.22. The third kappa shape index (κ3) is 6.36. The second kappa shape index (κ2) is 9.12. The molecule has 1 aromatic rings. The second-order valence-electron chi connectivity index (χ2n) is 4.19. The average molecular weight is 279 g/mol. The summed E-state index contributed by atoms with van der Waals surface area (Å²) < 4.78 is 10.1. The fourth-order valence-corrected chi connectivity index (χ4v) is 1.54. The zero-order valence-electron chi connectivity index (χ0n) is 11.8. The van der Waals surface area contributed by atoms with Crippen LogP contribution in [0.1, 0.15) is 12.5 Å². The van der Waals surface area contributed by atoms with E-state index in [-0.39, 0.29) is 19.1 Å². The number of rotatable bonds is 8. The van der Waals surface area contributed by atoms with Gasteiger partial charge in [-0.25, -0.2) is 0 Å². The smallest absolute Gasteiger partial charge is 0.244 e. The van der Waals surface area contributed by atoms with Gasteiger partial charge in [-0.05, 0) is 30.7 Å². The number of carbonyl (C=O) groups excluding carboxylic acids is 1. The molecule has 1 aromatic carbocycles. The number of hydrogen-bond acceptors (Lipinski definition) is 4. The predicted molar refractivity (Wildman–Crippen MR) is 77.5 cm³/mol. The zero-order chi connectivity index (χ0) is 14.8. The van der Waals surface area contributed by atoms with Crippen LogP contribution >= 0.6 is 0 Å². The van der Waals surface area contributed by atoms with E-state index in [2.05, 4.69) is 5.32 Å². The molecular weight excluding hydrogens is 258 g/mol. The molecule has 0 saturated carbocycles. The van der Waals surface area contributed by atoms with Gasteiger partial charge >= 0.3 is 0 Å². The lowest BCUT2D eigenvalue weighted by atomic mass is 10.2. The van der Waals surface area contributed by atoms with Crippen molar-refractivity contribution in [3.8, 4) is 5.75 Å². The summed E-state index contributed by atoms with van der Waals surface area (Å²) in [4.78, 5) is 11.5. The normalized spacial score (nSPS) is 12.3. The number of benzene rings is 1. The highest BCUT2D eigenvalue weighted by molar-refractivity contribution is 5.91. The lowest BCUT2D eigenvalue weighted by Crippen LogP contribution is -2.33. The minimum Gasteiger partial charge on any atom is -0.494 e. The summed E-state index contributed by atoms with van der Waals surface area (Å²) in [5, 5.41) is 12.0. The van der Waals surface area contributed by atoms with Crippen molar-refractivity contribution in [1.29, 1.82) is 0 Å². The molecule has 1 atom stereocenters. The lowest BCUT2D eigenvalue weighted by molar-refractivity contribution is -0.117. The molecule has 5 nitrogen and oxygen atoms in total. The molecule has 0 bridgehead atoms. The number of aliphatic hydroxyl groups is 1. The minimum atomic E-state index is -0.692. The molecule has 0 saturated heterocycles. The Morgan fingerprint density at radius 2 is 2.10 bits per heavy atom. The maximum absolute atomic E-state index is 11.5. The highest BCUT2D eigenvalue weighted by atomic mass is 16.5. The van der Waals surface area contributed by atoms with Gasteiger partial charge in [0.2, 0.25) is 5.91 Å². The van der Waals surface area contributed by atoms with E-state index in [1.807, 2.05) is 31.2 Å². The van der Waals surface area contributed by atoms with Gasteiger partial charge in [-0.3, -0.25) is 4.79 Å². The molecule has 0 fully saturated rings. The van der Waals surface area contributed by atoms with E-state index in [1.54, 1.807) is 6.08 Å². The van der Waals surface area contributed by atoms with Crippen LogP contribution in [0.5, 0.6) is 5.75 Å². The molecule has 2 N–H and O–H groups in total. The van der Waals surface area contributed by atoms with Crippen molar-refractivity contribution in [3.63, 3.8) is 0 Å². The average Bonchev–Trinajstić information content (AvgIpc) is 2.45. The summed E-state index contributed by atoms with van der Waals surface area (Å²) in [5.74, 6) is 0.547. The summed E-state index contributed by atoms with van der Waals surface area (Å²) in [5.41, 5.74) is 0.904. The van der Waals surface area contributed by atoms with Gasteiger partial charge < -0.3 is 19.9 Å². The van der Waals surface area contributed by atoms with Crippen LogP contribution in [-0.4, -0.2) is 44.0 Å². The molecule has 20 heavy (non-hydrogen) atoms. The number of ether oxygens (including phenoxy) is 2. The van der Waals surface area contributed by atoms with E-state index >= 15 is 0 Å². The highest BCUT2D eigenvalue weighted by Crippen LogP contribution is 2.12. The van der Waals surface area contributed by atoms with Gasteiger partial charge in [0.15, 0.2) is 0 Å². The van der Waals surface area contributed by atoms with Crippen LogP contribution < -0.4 is 10.1 Å². The molecule has 0 spiro atoms. The monoisotopic (exact) mass is 279 g/mol. The Hall–Kier alpha value is -1.85. The summed E-state index contributed by atoms with van der Waals surface area (Å²) in [7, 11) is 1.50. The quantitative estimate of drug-likeness (QED) is 0.702. The van der Waals surface area contributed by atoms with Crippen molar-refractivity contribution in [3.05, 3.63) is 35.9 Å². The Bertz CT molecular complexity index is 428. The van der Waals surface area contributed by atoms with E-state index in [0.717, 1.165) is 11.3 Å². The Morgan fingerprint density at radius 3 is 2.70 bits per heavy atom. The maximum atomic E-state index is 11.5. The van der Waals surface area contributed by atoms with Crippen LogP contribution in [0.25, 0.3) is 6.08 Å². The van der Waals surface area contributed by atoms with Crippen molar-refractivity contribution < 1.29 is 19.4 Å². The van der Waals surface area contributed by atoms with E-state index in [9.17, 15) is 9.90 Å². The fourth-order valence-electron chi connectivity index (χ4n) is 1.54. The topological polar surface area (TPSA) is 67.8 Å². The first kappa shape index (κ1) is 16.2. The van der Waals surface area contributed by atoms with Crippen molar-refractivity contribution in [2.75, 3.05) is 26.9 Å². The van der Waals surface area contributed by atoms with Crippen LogP contribution in [0, 0.1) is 0 Å². The molecule has 0 aliphatic carbocycles. The van der Waals surface area contributed by atoms with Crippen LogP contribution in [0.15, 0.2) is 30.3 Å². The Labute approximate surface area is 119 Å². The highest BCUT2D eigenvalue weighted by Gasteiger charge is 2.04. The zero-order valence-corrected chi connectivity index (χ0v) is 11.8. The summed E-state index contributed by atoms with van der Waals surface area (Å²) in [6.07, 6.45) is 2.44. The Morgan fingerprint density at radius 1 is 1.40 bits per heavy atom. The summed E-state index contributed by atoms with van der Waals surface area (Å²) in [6, 6.07) is 7.44. The van der Waals surface area contributed by atoms with E-state index in [1.165, 1.54) is 13.2 Å². The maximum Gasteiger partial charge on any atom is 0.244 e. The first-order valence-electron chi connectivity index (χ1n) is 6.51. The van der Waals surface area contributed by atoms with Crippen molar-refractivity contribution in [2.45, 2.75) is 13.0 Å². The molecule has 0 radical (unpaired) electrons. The molecule has 5 heteroatoms. The van der Waals surface area contributed by atoms with Crippen LogP contribution in [0.4, 0.5) is 0 Å². The molecule has 0 aromatic heterocycles. The van der Waals surface area contributed by atoms with Gasteiger partial charge in [0, 0.05) is 19.7 Å². The summed E-state index contributed by atoms with van der Waals surface area (Å²) in [6.45, 7) is 2.92. The van der Waals surface area contributed by atoms with E-state index in [4.69, 9.17) is 9.47 Å². The van der Waals surface area contributed by atoms with E-state index < -0.39 is 6.10 Å². The first-order valence-corrected chi connectivity index (χ1v) is 6.51. The van der Waals surface area contributed by atoms with Gasteiger partial charge in [0.1, 0.15) is 5.75 Å². The van der Waals surface area contributed by atoms with Gasteiger partial charge in [0.25, 0.3) is 0 Å². The van der Waals surface area contributed by atoms with Gasteiger partial charge in [0.05, 0.1) is 19.3 Å². The molecule has 0 aliphatic heterocycles. The molecule has 110 valence electrons. The molecule has 1 rings (SSSR count). The van der Waals surface area contributed by atoms with Crippen molar-refractivity contribution in [1.82, 2.24) is 5.32 Å². The summed E-state index contributed by atoms with van der Waals surface area (Å²) >= 11 is 0. The Balaban J connectivity index is 2.40. The number of methoxy groups -OCH3 is 1. The van der Waals surface area contributed by atoms with Gasteiger partial charge in [-0.15, -0.1) is 0 Å².